The van der Waals surface area contributed by atoms with Gasteiger partial charge in [0.2, 0.25) is 5.91 Å². The molecular formula is C21H18N4O3S. The Morgan fingerprint density at radius 2 is 1.86 bits per heavy atom. The lowest BCUT2D eigenvalue weighted by Gasteiger charge is -2.10. The predicted molar refractivity (Wildman–Crippen MR) is 113 cm³/mol. The van der Waals surface area contributed by atoms with E-state index in [-0.39, 0.29) is 17.2 Å². The molecule has 4 rings (SSSR count). The molecule has 29 heavy (non-hydrogen) atoms. The number of nitrogens with one attached hydrogen (secondary N) is 1. The minimum atomic E-state index is -1.04. The maximum atomic E-state index is 12.4. The van der Waals surface area contributed by atoms with Crippen molar-refractivity contribution in [2.75, 3.05) is 11.1 Å². The third-order valence-electron chi connectivity index (χ3n) is 4.62. The number of carbonyl (C=O) groups is 2. The van der Waals surface area contributed by atoms with Gasteiger partial charge in [0.25, 0.3) is 0 Å². The zero-order chi connectivity index (χ0) is 20.5. The molecule has 2 aromatic carbocycles. The lowest BCUT2D eigenvalue weighted by atomic mass is 10.1. The van der Waals surface area contributed by atoms with Crippen LogP contribution in [-0.4, -0.2) is 37.3 Å². The van der Waals surface area contributed by atoms with Crippen LogP contribution in [0.2, 0.25) is 0 Å². The van der Waals surface area contributed by atoms with E-state index in [1.54, 1.807) is 12.1 Å². The number of carboxylic acid groups (broad SMARTS) is 1. The average molecular weight is 406 g/mol. The number of nitrogens with zero attached hydrogens (tertiary/aromatic N) is 3. The number of carbonyl (C=O) groups excluding carboxylic acids is 1. The second-order valence-corrected chi connectivity index (χ2v) is 7.64. The highest BCUT2D eigenvalue weighted by molar-refractivity contribution is 7.99. The van der Waals surface area contributed by atoms with Crippen molar-refractivity contribution in [3.8, 4) is 0 Å². The second kappa shape index (κ2) is 7.56. The number of fused-ring (bicyclic) bond motifs is 3. The minimum absolute atomic E-state index is 0.121. The van der Waals surface area contributed by atoms with Crippen LogP contribution >= 0.6 is 11.8 Å². The SMILES string of the molecule is Cc1cc2nnc(SCC(=O)Nc3cccc(C(=O)O)c3)n2c2c(C)cccc12. The predicted octanol–water partition coefficient (Wildman–Crippen LogP) is 3.93. The van der Waals surface area contributed by atoms with E-state index in [9.17, 15) is 9.59 Å². The molecule has 0 aliphatic rings. The quantitative estimate of drug-likeness (QED) is 0.488. The van der Waals surface area contributed by atoms with Crippen molar-refractivity contribution in [1.29, 1.82) is 0 Å². The van der Waals surface area contributed by atoms with E-state index < -0.39 is 5.97 Å². The molecule has 0 fully saturated rings. The normalized spacial score (nSPS) is 11.1. The van der Waals surface area contributed by atoms with Crippen LogP contribution in [0, 0.1) is 13.8 Å². The van der Waals surface area contributed by atoms with Crippen LogP contribution in [0.15, 0.2) is 53.7 Å². The number of benzene rings is 2. The smallest absolute Gasteiger partial charge is 0.335 e. The summed E-state index contributed by atoms with van der Waals surface area (Å²) in [6.45, 7) is 4.08. The van der Waals surface area contributed by atoms with Crippen LogP contribution in [-0.2, 0) is 4.79 Å². The molecule has 0 unspecified atom stereocenters. The van der Waals surface area contributed by atoms with Crippen molar-refractivity contribution in [2.24, 2.45) is 0 Å². The first-order valence-corrected chi connectivity index (χ1v) is 9.92. The summed E-state index contributed by atoms with van der Waals surface area (Å²) in [4.78, 5) is 23.4. The number of aryl methyl sites for hydroxylation is 2. The molecule has 0 aliphatic heterocycles. The Labute approximate surface area is 170 Å². The summed E-state index contributed by atoms with van der Waals surface area (Å²) in [5.41, 5.74) is 4.56. The third-order valence-corrected chi connectivity index (χ3v) is 5.54. The Morgan fingerprint density at radius 1 is 1.07 bits per heavy atom. The van der Waals surface area contributed by atoms with Gasteiger partial charge in [0, 0.05) is 11.1 Å². The number of thioether (sulfide) groups is 1. The molecule has 2 heterocycles. The standard InChI is InChI=1S/C21H18N4O3S/c1-12-5-3-8-16-13(2)9-17-23-24-21(25(17)19(12)16)29-11-18(26)22-15-7-4-6-14(10-15)20(27)28/h3-10H,11H2,1-2H3,(H,22,26)(H,27,28). The molecule has 0 saturated carbocycles. The number of carboxylic acids is 1. The summed E-state index contributed by atoms with van der Waals surface area (Å²) in [7, 11) is 0. The largest absolute Gasteiger partial charge is 0.478 e. The monoisotopic (exact) mass is 406 g/mol. The zero-order valence-electron chi connectivity index (χ0n) is 15.8. The molecule has 0 saturated heterocycles. The highest BCUT2D eigenvalue weighted by Crippen LogP contribution is 2.28. The number of amides is 1. The van der Waals surface area contributed by atoms with E-state index in [0.29, 0.717) is 10.8 Å². The Morgan fingerprint density at radius 3 is 2.66 bits per heavy atom. The van der Waals surface area contributed by atoms with Gasteiger partial charge in [-0.15, -0.1) is 10.2 Å². The molecule has 0 aliphatic carbocycles. The Balaban J connectivity index is 1.58. The molecular weight excluding hydrogens is 388 g/mol. The van der Waals surface area contributed by atoms with E-state index in [4.69, 9.17) is 5.11 Å². The topological polar surface area (TPSA) is 96.6 Å². The number of pyridine rings is 1. The van der Waals surface area contributed by atoms with Crippen LogP contribution in [0.5, 0.6) is 0 Å². The number of aromatic nitrogens is 3. The Hall–Kier alpha value is -3.39. The summed E-state index contributed by atoms with van der Waals surface area (Å²) in [6.07, 6.45) is 0. The number of aromatic carboxylic acids is 1. The highest BCUT2D eigenvalue weighted by atomic mass is 32.2. The van der Waals surface area contributed by atoms with Crippen molar-refractivity contribution in [3.63, 3.8) is 0 Å². The van der Waals surface area contributed by atoms with Gasteiger partial charge in [0.1, 0.15) is 0 Å². The van der Waals surface area contributed by atoms with Gasteiger partial charge in [-0.1, -0.05) is 36.0 Å². The van der Waals surface area contributed by atoms with E-state index in [1.807, 2.05) is 36.4 Å². The molecule has 2 N–H and O–H groups in total. The Kier molecular flexibility index (Phi) is 4.94. The number of para-hydroxylation sites is 1. The van der Waals surface area contributed by atoms with Gasteiger partial charge in [-0.3, -0.25) is 9.20 Å². The summed E-state index contributed by atoms with van der Waals surface area (Å²) >= 11 is 1.28. The van der Waals surface area contributed by atoms with Gasteiger partial charge >= 0.3 is 5.97 Å². The summed E-state index contributed by atoms with van der Waals surface area (Å²) in [5.74, 6) is -1.16. The summed E-state index contributed by atoms with van der Waals surface area (Å²) < 4.78 is 1.97. The van der Waals surface area contributed by atoms with Crippen LogP contribution in [0.4, 0.5) is 5.69 Å². The molecule has 0 atom stereocenters. The first kappa shape index (κ1) is 18.9. The van der Waals surface area contributed by atoms with Crippen LogP contribution in [0.3, 0.4) is 0 Å². The van der Waals surface area contributed by atoms with Gasteiger partial charge in [-0.05, 0) is 49.2 Å². The van der Waals surface area contributed by atoms with Gasteiger partial charge in [0.15, 0.2) is 10.8 Å². The van der Waals surface area contributed by atoms with Crippen LogP contribution in [0.25, 0.3) is 16.6 Å². The van der Waals surface area contributed by atoms with Gasteiger partial charge < -0.3 is 10.4 Å². The number of anilines is 1. The van der Waals surface area contributed by atoms with E-state index in [1.165, 1.54) is 23.9 Å². The Bertz CT molecular complexity index is 1270. The molecule has 0 bridgehead atoms. The van der Waals surface area contributed by atoms with Crippen LogP contribution in [0.1, 0.15) is 21.5 Å². The first-order chi connectivity index (χ1) is 13.9. The number of hydrogen-bond acceptors (Lipinski definition) is 5. The maximum absolute atomic E-state index is 12.4. The maximum Gasteiger partial charge on any atom is 0.335 e. The van der Waals surface area contributed by atoms with E-state index in [0.717, 1.165) is 27.7 Å². The molecule has 146 valence electrons. The minimum Gasteiger partial charge on any atom is -0.478 e. The highest BCUT2D eigenvalue weighted by Gasteiger charge is 2.15. The molecule has 0 spiro atoms. The van der Waals surface area contributed by atoms with Crippen molar-refractivity contribution in [1.82, 2.24) is 14.6 Å². The molecule has 0 radical (unpaired) electrons. The van der Waals surface area contributed by atoms with Gasteiger partial charge in [-0.2, -0.15) is 0 Å². The fourth-order valence-corrected chi connectivity index (χ4v) is 4.03. The number of hydrogen-bond donors (Lipinski definition) is 2. The van der Waals surface area contributed by atoms with E-state index in [2.05, 4.69) is 21.6 Å². The fraction of sp³-hybridized carbons (Fsp3) is 0.143. The average Bonchev–Trinajstić information content (AvgIpc) is 3.09. The van der Waals surface area contributed by atoms with Gasteiger partial charge in [-0.25, -0.2) is 4.79 Å². The molecule has 8 heteroatoms. The first-order valence-electron chi connectivity index (χ1n) is 8.94. The van der Waals surface area contributed by atoms with Crippen LogP contribution < -0.4 is 5.32 Å². The second-order valence-electron chi connectivity index (χ2n) is 6.70. The summed E-state index contributed by atoms with van der Waals surface area (Å²) in [6, 6.07) is 14.3. The van der Waals surface area contributed by atoms with Crippen molar-refractivity contribution >= 4 is 45.9 Å². The van der Waals surface area contributed by atoms with Crippen molar-refractivity contribution < 1.29 is 14.7 Å². The fourth-order valence-electron chi connectivity index (χ4n) is 3.28. The van der Waals surface area contributed by atoms with Crippen molar-refractivity contribution in [2.45, 2.75) is 19.0 Å². The lowest BCUT2D eigenvalue weighted by Crippen LogP contribution is -2.14. The molecule has 1 amide bonds. The third kappa shape index (κ3) is 3.66. The number of rotatable bonds is 5. The molecule has 7 nitrogen and oxygen atoms in total. The van der Waals surface area contributed by atoms with E-state index >= 15 is 0 Å². The zero-order valence-corrected chi connectivity index (χ0v) is 16.7. The van der Waals surface area contributed by atoms with Crippen molar-refractivity contribution in [3.05, 3.63) is 65.2 Å². The molecule has 2 aromatic heterocycles. The molecule has 4 aromatic rings. The van der Waals surface area contributed by atoms with Gasteiger partial charge in [0.05, 0.1) is 16.8 Å². The summed E-state index contributed by atoms with van der Waals surface area (Å²) in [5, 5.41) is 22.1. The lowest BCUT2D eigenvalue weighted by molar-refractivity contribution is -0.113.